The lowest BCUT2D eigenvalue weighted by molar-refractivity contribution is 0.113. The van der Waals surface area contributed by atoms with E-state index in [0.717, 1.165) is 11.3 Å². The van der Waals surface area contributed by atoms with Gasteiger partial charge in [-0.25, -0.2) is 0 Å². The monoisotopic (exact) mass is 255 g/mol. The highest BCUT2D eigenvalue weighted by atomic mass is 32.2. The van der Waals surface area contributed by atoms with Crippen molar-refractivity contribution in [1.29, 1.82) is 0 Å². The van der Waals surface area contributed by atoms with Crippen LogP contribution in [0.1, 0.15) is 24.9 Å². The lowest BCUT2D eigenvalue weighted by Gasteiger charge is -2.14. The maximum Gasteiger partial charge on any atom is 0.0864 e. The van der Waals surface area contributed by atoms with Crippen LogP contribution in [0.15, 0.2) is 29.2 Å². The lowest BCUT2D eigenvalue weighted by Crippen LogP contribution is -2.15. The molecule has 0 aliphatic heterocycles. The molecule has 0 spiro atoms. The highest BCUT2D eigenvalue weighted by Crippen LogP contribution is 2.22. The summed E-state index contributed by atoms with van der Waals surface area (Å²) < 4.78 is 0. The number of hydrogen-bond donors (Lipinski definition) is 3. The molecule has 0 aliphatic carbocycles. The first-order chi connectivity index (χ1) is 8.21. The Balaban J connectivity index is 2.55. The van der Waals surface area contributed by atoms with Crippen LogP contribution >= 0.6 is 11.8 Å². The topological polar surface area (TPSA) is 52.5 Å². The molecular weight excluding hydrogens is 234 g/mol. The quantitative estimate of drug-likeness (QED) is 0.650. The molecule has 4 heteroatoms. The Morgan fingerprint density at radius 3 is 2.41 bits per heavy atom. The van der Waals surface area contributed by atoms with Crippen LogP contribution in [0.4, 0.5) is 0 Å². The van der Waals surface area contributed by atoms with Gasteiger partial charge in [0.15, 0.2) is 0 Å². The highest BCUT2D eigenvalue weighted by Gasteiger charge is 2.07. The number of nitrogens with one attached hydrogen (secondary N) is 1. The van der Waals surface area contributed by atoms with Gasteiger partial charge in [0.05, 0.1) is 12.7 Å². The van der Waals surface area contributed by atoms with Crippen molar-refractivity contribution in [3.8, 4) is 0 Å². The summed E-state index contributed by atoms with van der Waals surface area (Å²) in [6.07, 6.45) is 0.423. The molecule has 0 fully saturated rings. The molecule has 0 bridgehead atoms. The maximum atomic E-state index is 9.26. The Hall–Kier alpha value is -0.550. The summed E-state index contributed by atoms with van der Waals surface area (Å²) in [5, 5.41) is 21.2. The fraction of sp³-hybridized carbons (Fsp3) is 0.538. The largest absolute Gasteiger partial charge is 0.394 e. The van der Waals surface area contributed by atoms with E-state index in [4.69, 9.17) is 5.11 Å². The average molecular weight is 255 g/mol. The van der Waals surface area contributed by atoms with Gasteiger partial charge in [0, 0.05) is 16.7 Å². The van der Waals surface area contributed by atoms with E-state index >= 15 is 0 Å². The molecule has 0 radical (unpaired) electrons. The third-order valence-electron chi connectivity index (χ3n) is 2.69. The van der Waals surface area contributed by atoms with Crippen LogP contribution in [-0.2, 0) is 0 Å². The van der Waals surface area contributed by atoms with Crippen LogP contribution in [0.25, 0.3) is 0 Å². The van der Waals surface area contributed by atoms with Gasteiger partial charge in [-0.2, -0.15) is 0 Å². The molecule has 0 saturated carbocycles. The van der Waals surface area contributed by atoms with Crippen LogP contribution in [0.5, 0.6) is 0 Å². The fourth-order valence-electron chi connectivity index (χ4n) is 1.65. The van der Waals surface area contributed by atoms with Crippen LogP contribution < -0.4 is 5.32 Å². The minimum atomic E-state index is -0.639. The van der Waals surface area contributed by atoms with Crippen molar-refractivity contribution in [3.05, 3.63) is 29.8 Å². The Bertz CT molecular complexity index is 312. The van der Waals surface area contributed by atoms with Crippen molar-refractivity contribution in [2.45, 2.75) is 30.4 Å². The van der Waals surface area contributed by atoms with E-state index in [1.807, 2.05) is 7.05 Å². The summed E-state index contributed by atoms with van der Waals surface area (Å²) in [5.74, 6) is 0.527. The second kappa shape index (κ2) is 7.71. The Morgan fingerprint density at radius 1 is 1.29 bits per heavy atom. The van der Waals surface area contributed by atoms with Crippen LogP contribution in [0.2, 0.25) is 0 Å². The molecule has 1 rings (SSSR count). The van der Waals surface area contributed by atoms with Crippen LogP contribution in [0.3, 0.4) is 0 Å². The summed E-state index contributed by atoms with van der Waals surface area (Å²) in [4.78, 5) is 1.12. The minimum absolute atomic E-state index is 0.178. The first-order valence-corrected chi connectivity index (χ1v) is 6.88. The fourth-order valence-corrected chi connectivity index (χ4v) is 2.47. The van der Waals surface area contributed by atoms with E-state index in [9.17, 15) is 5.11 Å². The van der Waals surface area contributed by atoms with Gasteiger partial charge in [0.1, 0.15) is 0 Å². The number of aliphatic hydroxyl groups excluding tert-OH is 2. The van der Waals surface area contributed by atoms with Gasteiger partial charge in [-0.1, -0.05) is 19.1 Å². The van der Waals surface area contributed by atoms with Crippen molar-refractivity contribution in [3.63, 3.8) is 0 Å². The van der Waals surface area contributed by atoms with Gasteiger partial charge >= 0.3 is 0 Å². The molecular formula is C13H21NO2S. The smallest absolute Gasteiger partial charge is 0.0864 e. The van der Waals surface area contributed by atoms with Crippen molar-refractivity contribution in [2.24, 2.45) is 0 Å². The Morgan fingerprint density at radius 2 is 1.94 bits per heavy atom. The minimum Gasteiger partial charge on any atom is -0.394 e. The third kappa shape index (κ3) is 4.68. The molecule has 0 saturated heterocycles. The van der Waals surface area contributed by atoms with Crippen LogP contribution in [-0.4, -0.2) is 35.7 Å². The van der Waals surface area contributed by atoms with Crippen molar-refractivity contribution >= 4 is 11.8 Å². The summed E-state index contributed by atoms with van der Waals surface area (Å²) in [6, 6.07) is 8.74. The van der Waals surface area contributed by atoms with Gasteiger partial charge in [0.2, 0.25) is 0 Å². The zero-order valence-corrected chi connectivity index (χ0v) is 11.2. The van der Waals surface area contributed by atoms with Crippen molar-refractivity contribution in [1.82, 2.24) is 5.32 Å². The molecule has 0 aliphatic rings. The zero-order chi connectivity index (χ0) is 12.7. The molecule has 0 amide bonds. The van der Waals surface area contributed by atoms with E-state index in [2.05, 4.69) is 36.5 Å². The van der Waals surface area contributed by atoms with E-state index in [1.165, 1.54) is 5.56 Å². The number of rotatable bonds is 7. The standard InChI is InChI=1S/C13H21NO2S/c1-3-13(14-2)10-4-6-12(7-5-10)17-9-11(16)8-15/h4-7,11,13-16H,3,8-9H2,1-2H3. The molecule has 1 aromatic carbocycles. The summed E-state index contributed by atoms with van der Waals surface area (Å²) in [6.45, 7) is 1.98. The van der Waals surface area contributed by atoms with Gasteiger partial charge < -0.3 is 15.5 Å². The zero-order valence-electron chi connectivity index (χ0n) is 10.4. The van der Waals surface area contributed by atoms with E-state index in [0.29, 0.717) is 11.8 Å². The van der Waals surface area contributed by atoms with E-state index in [-0.39, 0.29) is 6.61 Å². The van der Waals surface area contributed by atoms with Gasteiger partial charge in [-0.05, 0) is 31.2 Å². The number of thioether (sulfide) groups is 1. The first-order valence-electron chi connectivity index (χ1n) is 5.90. The summed E-state index contributed by atoms with van der Waals surface area (Å²) in [7, 11) is 1.97. The average Bonchev–Trinajstić information content (AvgIpc) is 2.38. The third-order valence-corrected chi connectivity index (χ3v) is 3.85. The molecule has 1 aromatic rings. The molecule has 96 valence electrons. The van der Waals surface area contributed by atoms with Gasteiger partial charge in [-0.3, -0.25) is 0 Å². The maximum absolute atomic E-state index is 9.26. The van der Waals surface area contributed by atoms with Gasteiger partial charge in [0.25, 0.3) is 0 Å². The molecule has 3 N–H and O–H groups in total. The van der Waals surface area contributed by atoms with E-state index < -0.39 is 6.10 Å². The van der Waals surface area contributed by atoms with Gasteiger partial charge in [-0.15, -0.1) is 11.8 Å². The molecule has 2 unspecified atom stereocenters. The molecule has 3 nitrogen and oxygen atoms in total. The Labute approximate surface area is 107 Å². The molecule has 17 heavy (non-hydrogen) atoms. The summed E-state index contributed by atoms with van der Waals surface area (Å²) >= 11 is 1.56. The predicted molar refractivity (Wildman–Crippen MR) is 72.4 cm³/mol. The lowest BCUT2D eigenvalue weighted by atomic mass is 10.1. The molecule has 2 atom stereocenters. The second-order valence-corrected chi connectivity index (χ2v) is 5.06. The Kier molecular flexibility index (Phi) is 6.58. The van der Waals surface area contributed by atoms with Crippen molar-refractivity contribution < 1.29 is 10.2 Å². The summed E-state index contributed by atoms with van der Waals surface area (Å²) in [5.41, 5.74) is 1.28. The number of aliphatic hydroxyl groups is 2. The predicted octanol–water partition coefficient (Wildman–Crippen LogP) is 1.80. The number of benzene rings is 1. The highest BCUT2D eigenvalue weighted by molar-refractivity contribution is 7.99. The molecule has 0 heterocycles. The number of hydrogen-bond acceptors (Lipinski definition) is 4. The molecule has 0 aromatic heterocycles. The van der Waals surface area contributed by atoms with E-state index in [1.54, 1.807) is 11.8 Å². The normalized spacial score (nSPS) is 14.6. The van der Waals surface area contributed by atoms with Crippen molar-refractivity contribution in [2.75, 3.05) is 19.4 Å². The SMILES string of the molecule is CCC(NC)c1ccc(SCC(O)CO)cc1. The second-order valence-electron chi connectivity index (χ2n) is 3.97. The first kappa shape index (κ1) is 14.5. The van der Waals surface area contributed by atoms with Crippen LogP contribution in [0, 0.1) is 0 Å².